The minimum atomic E-state index is -0.0943. The molecule has 2 rings (SSSR count). The van der Waals surface area contributed by atoms with Crippen LogP contribution in [0.3, 0.4) is 0 Å². The smallest absolute Gasteiger partial charge is 0.243 e. The lowest BCUT2D eigenvalue weighted by Gasteiger charge is -2.12. The van der Waals surface area contributed by atoms with Crippen LogP contribution in [0.2, 0.25) is 0 Å². The van der Waals surface area contributed by atoms with E-state index in [0.717, 1.165) is 22.7 Å². The van der Waals surface area contributed by atoms with E-state index in [4.69, 9.17) is 4.74 Å². The molecule has 2 aromatic carbocycles. The van der Waals surface area contributed by atoms with Crippen LogP contribution in [0.25, 0.3) is 0 Å². The number of carbonyl (C=O) groups excluding carboxylic acids is 1. The number of hydrogen-bond donors (Lipinski definition) is 2. The van der Waals surface area contributed by atoms with E-state index in [9.17, 15) is 4.79 Å². The maximum absolute atomic E-state index is 12.0. The molecule has 4 nitrogen and oxygen atoms in total. The van der Waals surface area contributed by atoms with Gasteiger partial charge in [0.15, 0.2) is 0 Å². The summed E-state index contributed by atoms with van der Waals surface area (Å²) < 4.78 is 5.61. The first-order valence-corrected chi connectivity index (χ1v) is 7.40. The fourth-order valence-electron chi connectivity index (χ4n) is 2.06. The maximum Gasteiger partial charge on any atom is 0.243 e. The molecule has 0 aliphatic carbocycles. The van der Waals surface area contributed by atoms with Gasteiger partial charge >= 0.3 is 0 Å². The zero-order valence-corrected chi connectivity index (χ0v) is 13.2. The Labute approximate surface area is 131 Å². The van der Waals surface area contributed by atoms with Gasteiger partial charge in [0, 0.05) is 17.4 Å². The number of nitrogens with one attached hydrogen (secondary N) is 2. The second-order valence-electron chi connectivity index (χ2n) is 5.47. The first-order chi connectivity index (χ1) is 10.5. The monoisotopic (exact) mass is 298 g/mol. The van der Waals surface area contributed by atoms with Crippen molar-refractivity contribution in [1.82, 2.24) is 0 Å². The third-order valence-corrected chi connectivity index (χ3v) is 2.96. The third kappa shape index (κ3) is 5.13. The fourth-order valence-corrected chi connectivity index (χ4v) is 2.06. The predicted octanol–water partition coefficient (Wildman–Crippen LogP) is 3.83. The number of aryl methyl sites for hydroxylation is 1. The average Bonchev–Trinajstić information content (AvgIpc) is 2.45. The molecule has 0 radical (unpaired) electrons. The van der Waals surface area contributed by atoms with Crippen molar-refractivity contribution in [2.24, 2.45) is 0 Å². The number of carbonyl (C=O) groups is 1. The highest BCUT2D eigenvalue weighted by molar-refractivity contribution is 5.93. The Morgan fingerprint density at radius 2 is 1.82 bits per heavy atom. The van der Waals surface area contributed by atoms with Gasteiger partial charge in [0.25, 0.3) is 0 Å². The Kier molecular flexibility index (Phi) is 5.42. The van der Waals surface area contributed by atoms with Gasteiger partial charge in [-0.3, -0.25) is 4.79 Å². The van der Waals surface area contributed by atoms with E-state index >= 15 is 0 Å². The van der Waals surface area contributed by atoms with Gasteiger partial charge in [0.1, 0.15) is 5.75 Å². The van der Waals surface area contributed by atoms with E-state index in [1.165, 1.54) is 0 Å². The minimum absolute atomic E-state index is 0.0943. The fraction of sp³-hybridized carbons (Fsp3) is 0.278. The normalized spacial score (nSPS) is 10.4. The zero-order valence-electron chi connectivity index (χ0n) is 13.2. The lowest BCUT2D eigenvalue weighted by Crippen LogP contribution is -2.21. The van der Waals surface area contributed by atoms with Crippen LogP contribution in [0, 0.1) is 6.92 Å². The van der Waals surface area contributed by atoms with Crippen molar-refractivity contribution in [2.45, 2.75) is 26.9 Å². The Morgan fingerprint density at radius 1 is 1.09 bits per heavy atom. The molecule has 0 spiro atoms. The lowest BCUT2D eigenvalue weighted by atomic mass is 10.2. The van der Waals surface area contributed by atoms with Gasteiger partial charge in [0.2, 0.25) is 5.91 Å². The molecule has 0 aromatic heterocycles. The molecular formula is C18H22N2O2. The SMILES string of the molecule is Cc1cccc(NCC(=O)Nc2cccc(OC(C)C)c2)c1. The average molecular weight is 298 g/mol. The molecule has 0 saturated heterocycles. The number of hydrogen-bond acceptors (Lipinski definition) is 3. The molecule has 2 aromatic rings. The maximum atomic E-state index is 12.0. The Bertz CT molecular complexity index is 638. The third-order valence-electron chi connectivity index (χ3n) is 2.96. The van der Waals surface area contributed by atoms with Crippen molar-refractivity contribution in [1.29, 1.82) is 0 Å². The summed E-state index contributed by atoms with van der Waals surface area (Å²) in [4.78, 5) is 12.0. The van der Waals surface area contributed by atoms with E-state index in [0.29, 0.717) is 0 Å². The van der Waals surface area contributed by atoms with Crippen LogP contribution in [0.1, 0.15) is 19.4 Å². The summed E-state index contributed by atoms with van der Waals surface area (Å²) in [5.41, 5.74) is 2.82. The molecule has 0 heterocycles. The molecule has 4 heteroatoms. The summed E-state index contributed by atoms with van der Waals surface area (Å²) in [7, 11) is 0. The van der Waals surface area contributed by atoms with Crippen LogP contribution in [0.4, 0.5) is 11.4 Å². The van der Waals surface area contributed by atoms with Crippen molar-refractivity contribution in [3.63, 3.8) is 0 Å². The number of rotatable bonds is 6. The van der Waals surface area contributed by atoms with Gasteiger partial charge in [0.05, 0.1) is 12.6 Å². The standard InChI is InChI=1S/C18H22N2O2/c1-13(2)22-17-9-5-8-16(11-17)20-18(21)12-19-15-7-4-6-14(3)10-15/h4-11,13,19H,12H2,1-3H3,(H,20,21). The Hall–Kier alpha value is -2.49. The first kappa shape index (κ1) is 15.9. The number of anilines is 2. The quantitative estimate of drug-likeness (QED) is 0.852. The molecule has 0 aliphatic rings. The van der Waals surface area contributed by atoms with Gasteiger partial charge in [-0.25, -0.2) is 0 Å². The van der Waals surface area contributed by atoms with Gasteiger partial charge in [-0.05, 0) is 50.6 Å². The highest BCUT2D eigenvalue weighted by Gasteiger charge is 2.04. The largest absolute Gasteiger partial charge is 0.491 e. The predicted molar refractivity (Wildman–Crippen MR) is 90.5 cm³/mol. The number of ether oxygens (including phenoxy) is 1. The van der Waals surface area contributed by atoms with E-state index in [1.807, 2.05) is 69.3 Å². The van der Waals surface area contributed by atoms with Crippen molar-refractivity contribution in [3.8, 4) is 5.75 Å². The van der Waals surface area contributed by atoms with Crippen molar-refractivity contribution in [2.75, 3.05) is 17.2 Å². The molecule has 0 fully saturated rings. The molecule has 22 heavy (non-hydrogen) atoms. The summed E-state index contributed by atoms with van der Waals surface area (Å²) in [5.74, 6) is 0.655. The van der Waals surface area contributed by atoms with Crippen molar-refractivity contribution < 1.29 is 9.53 Å². The van der Waals surface area contributed by atoms with Crippen LogP contribution in [0.5, 0.6) is 5.75 Å². The molecule has 0 atom stereocenters. The van der Waals surface area contributed by atoms with Gasteiger partial charge in [-0.15, -0.1) is 0 Å². The highest BCUT2D eigenvalue weighted by atomic mass is 16.5. The van der Waals surface area contributed by atoms with Crippen LogP contribution in [-0.4, -0.2) is 18.6 Å². The highest BCUT2D eigenvalue weighted by Crippen LogP contribution is 2.18. The van der Waals surface area contributed by atoms with Crippen LogP contribution >= 0.6 is 0 Å². The van der Waals surface area contributed by atoms with Gasteiger partial charge in [-0.2, -0.15) is 0 Å². The molecule has 0 unspecified atom stereocenters. The van der Waals surface area contributed by atoms with Crippen LogP contribution < -0.4 is 15.4 Å². The number of benzene rings is 2. The Balaban J connectivity index is 1.89. The molecule has 0 bridgehead atoms. The molecular weight excluding hydrogens is 276 g/mol. The van der Waals surface area contributed by atoms with Crippen LogP contribution in [-0.2, 0) is 4.79 Å². The van der Waals surface area contributed by atoms with Crippen molar-refractivity contribution >= 4 is 17.3 Å². The van der Waals surface area contributed by atoms with E-state index < -0.39 is 0 Å². The van der Waals surface area contributed by atoms with E-state index in [-0.39, 0.29) is 18.6 Å². The second kappa shape index (κ2) is 7.50. The summed E-state index contributed by atoms with van der Waals surface area (Å²) in [5, 5.41) is 5.97. The summed E-state index contributed by atoms with van der Waals surface area (Å²) in [6, 6.07) is 15.3. The minimum Gasteiger partial charge on any atom is -0.491 e. The lowest BCUT2D eigenvalue weighted by molar-refractivity contribution is -0.114. The van der Waals surface area contributed by atoms with Gasteiger partial charge < -0.3 is 15.4 Å². The summed E-state index contributed by atoms with van der Waals surface area (Å²) in [6.45, 7) is 6.18. The summed E-state index contributed by atoms with van der Waals surface area (Å²) >= 11 is 0. The molecule has 0 aliphatic heterocycles. The Morgan fingerprint density at radius 3 is 2.55 bits per heavy atom. The van der Waals surface area contributed by atoms with Gasteiger partial charge in [-0.1, -0.05) is 18.2 Å². The van der Waals surface area contributed by atoms with E-state index in [1.54, 1.807) is 0 Å². The summed E-state index contributed by atoms with van der Waals surface area (Å²) in [6.07, 6.45) is 0.105. The van der Waals surface area contributed by atoms with Crippen molar-refractivity contribution in [3.05, 3.63) is 54.1 Å². The molecule has 2 N–H and O–H groups in total. The number of amides is 1. The first-order valence-electron chi connectivity index (χ1n) is 7.40. The van der Waals surface area contributed by atoms with Crippen LogP contribution in [0.15, 0.2) is 48.5 Å². The molecule has 1 amide bonds. The second-order valence-corrected chi connectivity index (χ2v) is 5.47. The molecule has 0 saturated carbocycles. The topological polar surface area (TPSA) is 50.4 Å². The zero-order chi connectivity index (χ0) is 15.9. The molecule has 116 valence electrons. The van der Waals surface area contributed by atoms with E-state index in [2.05, 4.69) is 10.6 Å².